The van der Waals surface area contributed by atoms with Crippen LogP contribution in [0.25, 0.3) is 0 Å². The van der Waals surface area contributed by atoms with Gasteiger partial charge in [-0.3, -0.25) is 0 Å². The number of rotatable bonds is 8. The van der Waals surface area contributed by atoms with Crippen molar-refractivity contribution < 1.29 is 57.7 Å². The summed E-state index contributed by atoms with van der Waals surface area (Å²) in [5, 5.41) is 13.7. The fourth-order valence-electron chi connectivity index (χ4n) is 2.36. The number of ether oxygens (including phenoxy) is 3. The number of carboxylic acid groups (broad SMARTS) is 1. The predicted molar refractivity (Wildman–Crippen MR) is 140 cm³/mol. The van der Waals surface area contributed by atoms with Crippen molar-refractivity contribution in [3.8, 4) is 0 Å². The van der Waals surface area contributed by atoms with E-state index < -0.39 is 53.0 Å². The molecule has 0 radical (unpaired) electrons. The number of amides is 2. The Morgan fingerprint density at radius 3 is 1.15 bits per heavy atom. The third kappa shape index (κ3) is 34.2. The standard InChI is InChI=1S/C14H27NO4.C10H19NO4.2CO2/c1-8-9-10(11(16)18-13(2,3)4)15-12(17)19-14(5,6)7;1-5-6-7(8(12)13)11-9(14)15-10(2,3)4;2*2-1-3/h10H,8-9H2,1-7H3,(H,15,17);7H,5-6H2,1-4H3,(H,11,14)(H,12,13);;/t10-;7-;;/m00../s1. The first-order valence-electron chi connectivity index (χ1n) is 12.5. The number of hydrogen-bond acceptors (Lipinski definition) is 11. The van der Waals surface area contributed by atoms with Crippen LogP contribution in [0.5, 0.6) is 0 Å². The number of carboxylic acids is 1. The molecule has 2 atom stereocenters. The lowest BCUT2D eigenvalue weighted by Gasteiger charge is -2.26. The molecule has 0 rings (SSSR count). The molecule has 3 N–H and O–H groups in total. The Morgan fingerprint density at radius 1 is 0.625 bits per heavy atom. The normalized spacial score (nSPS) is 11.8. The summed E-state index contributed by atoms with van der Waals surface area (Å²) in [4.78, 5) is 78.1. The SMILES string of the molecule is CCC[C@H](NC(=O)OC(C)(C)C)C(=O)O.CCC[C@H](NC(=O)OC(C)(C)C)C(=O)OC(C)(C)C.O=C=O.O=C=O. The van der Waals surface area contributed by atoms with E-state index in [4.69, 9.17) is 38.5 Å². The summed E-state index contributed by atoms with van der Waals surface area (Å²) in [6, 6.07) is -1.54. The molecule has 14 nitrogen and oxygen atoms in total. The summed E-state index contributed by atoms with van der Waals surface area (Å²) in [5.74, 6) is -1.47. The minimum atomic E-state index is -1.04. The van der Waals surface area contributed by atoms with Crippen LogP contribution in [0.1, 0.15) is 102 Å². The highest BCUT2D eigenvalue weighted by molar-refractivity contribution is 5.81. The molecule has 0 aromatic heterocycles. The third-order valence-electron chi connectivity index (χ3n) is 3.53. The highest BCUT2D eigenvalue weighted by Crippen LogP contribution is 2.12. The monoisotopic (exact) mass is 578 g/mol. The first-order valence-corrected chi connectivity index (χ1v) is 12.5. The van der Waals surface area contributed by atoms with Gasteiger partial charge in [0.15, 0.2) is 0 Å². The second kappa shape index (κ2) is 22.1. The summed E-state index contributed by atoms with van der Waals surface area (Å²) in [5.41, 5.74) is -1.77. The smallest absolute Gasteiger partial charge is 0.408 e. The van der Waals surface area contributed by atoms with E-state index in [0.717, 1.165) is 6.42 Å². The molecule has 0 bridgehead atoms. The van der Waals surface area contributed by atoms with Crippen molar-refractivity contribution in [2.24, 2.45) is 0 Å². The maximum atomic E-state index is 12.0. The van der Waals surface area contributed by atoms with E-state index in [1.807, 2.05) is 13.8 Å². The molecule has 232 valence electrons. The number of esters is 1. The Morgan fingerprint density at radius 2 is 0.900 bits per heavy atom. The van der Waals surface area contributed by atoms with Crippen LogP contribution in [-0.2, 0) is 43.0 Å². The predicted octanol–water partition coefficient (Wildman–Crippen LogP) is 3.62. The van der Waals surface area contributed by atoms with E-state index in [9.17, 15) is 19.2 Å². The van der Waals surface area contributed by atoms with Gasteiger partial charge in [0.25, 0.3) is 0 Å². The molecular formula is C26H46N2O12. The van der Waals surface area contributed by atoms with Gasteiger partial charge in [-0.25, -0.2) is 19.2 Å². The molecule has 2 amide bonds. The third-order valence-corrected chi connectivity index (χ3v) is 3.53. The Labute approximate surface area is 235 Å². The number of carbonyl (C=O) groups is 4. The minimum absolute atomic E-state index is 0.250. The number of aliphatic carboxylic acids is 1. The molecule has 0 aromatic carbocycles. The van der Waals surface area contributed by atoms with E-state index >= 15 is 0 Å². The molecule has 40 heavy (non-hydrogen) atoms. The number of hydrogen-bond donors (Lipinski definition) is 3. The summed E-state index contributed by atoms with van der Waals surface area (Å²) < 4.78 is 15.4. The maximum absolute atomic E-state index is 12.0. The first-order chi connectivity index (χ1) is 18.0. The lowest BCUT2D eigenvalue weighted by molar-refractivity contribution is -0.193. The number of carbonyl (C=O) groups excluding carboxylic acids is 7. The lowest BCUT2D eigenvalue weighted by Crippen LogP contribution is -2.45. The van der Waals surface area contributed by atoms with Crippen molar-refractivity contribution in [2.45, 2.75) is 131 Å². The zero-order chi connectivity index (χ0) is 32.7. The molecule has 0 aromatic rings. The molecule has 0 saturated carbocycles. The van der Waals surface area contributed by atoms with E-state index in [-0.39, 0.29) is 12.3 Å². The van der Waals surface area contributed by atoms with Gasteiger partial charge in [0, 0.05) is 0 Å². The molecule has 0 aliphatic rings. The van der Waals surface area contributed by atoms with Gasteiger partial charge in [0.2, 0.25) is 0 Å². The van der Waals surface area contributed by atoms with Gasteiger partial charge in [-0.15, -0.1) is 0 Å². The van der Waals surface area contributed by atoms with Gasteiger partial charge in [0.05, 0.1) is 0 Å². The van der Waals surface area contributed by atoms with Crippen LogP contribution in [0.15, 0.2) is 0 Å². The van der Waals surface area contributed by atoms with Crippen LogP contribution >= 0.6 is 0 Å². The van der Waals surface area contributed by atoms with Crippen molar-refractivity contribution in [3.05, 3.63) is 0 Å². The number of nitrogens with one attached hydrogen (secondary N) is 2. The zero-order valence-corrected chi connectivity index (χ0v) is 25.4. The highest BCUT2D eigenvalue weighted by atomic mass is 16.6. The topological polar surface area (TPSA) is 209 Å². The maximum Gasteiger partial charge on any atom is 0.408 e. The van der Waals surface area contributed by atoms with Crippen LogP contribution in [0.3, 0.4) is 0 Å². The van der Waals surface area contributed by atoms with Crippen molar-refractivity contribution in [1.82, 2.24) is 10.6 Å². The summed E-state index contributed by atoms with van der Waals surface area (Å²) in [6.45, 7) is 19.7. The highest BCUT2D eigenvalue weighted by Gasteiger charge is 2.28. The number of alkyl carbamates (subject to hydrolysis) is 2. The Hall–Kier alpha value is -3.76. The molecule has 0 heterocycles. The van der Waals surface area contributed by atoms with E-state index in [2.05, 4.69) is 10.6 Å². The van der Waals surface area contributed by atoms with Gasteiger partial charge in [-0.2, -0.15) is 19.2 Å². The van der Waals surface area contributed by atoms with Crippen molar-refractivity contribution in [3.63, 3.8) is 0 Å². The van der Waals surface area contributed by atoms with E-state index in [0.29, 0.717) is 19.3 Å². The van der Waals surface area contributed by atoms with Gasteiger partial charge in [-0.1, -0.05) is 26.7 Å². The Bertz CT molecular complexity index is 812. The molecule has 0 aliphatic carbocycles. The van der Waals surface area contributed by atoms with Gasteiger partial charge >= 0.3 is 36.4 Å². The Kier molecular flexibility index (Phi) is 23.9. The van der Waals surface area contributed by atoms with Crippen molar-refractivity contribution >= 4 is 36.4 Å². The fraction of sp³-hybridized carbons (Fsp3) is 0.769. The molecule has 0 fully saturated rings. The van der Waals surface area contributed by atoms with Gasteiger partial charge < -0.3 is 30.0 Å². The average molecular weight is 579 g/mol. The lowest BCUT2D eigenvalue weighted by atomic mass is 10.1. The van der Waals surface area contributed by atoms with Gasteiger partial charge in [0.1, 0.15) is 28.9 Å². The van der Waals surface area contributed by atoms with Crippen LogP contribution < -0.4 is 10.6 Å². The van der Waals surface area contributed by atoms with Crippen LogP contribution in [0.2, 0.25) is 0 Å². The van der Waals surface area contributed by atoms with Crippen molar-refractivity contribution in [1.29, 1.82) is 0 Å². The molecule has 0 unspecified atom stereocenters. The van der Waals surface area contributed by atoms with Gasteiger partial charge in [-0.05, 0) is 75.2 Å². The molecular weight excluding hydrogens is 532 g/mol. The van der Waals surface area contributed by atoms with Crippen molar-refractivity contribution in [2.75, 3.05) is 0 Å². The molecule has 14 heteroatoms. The largest absolute Gasteiger partial charge is 0.480 e. The summed E-state index contributed by atoms with van der Waals surface area (Å²) in [7, 11) is 0. The minimum Gasteiger partial charge on any atom is -0.480 e. The quantitative estimate of drug-likeness (QED) is 0.279. The Balaban J connectivity index is -0.000000275. The average Bonchev–Trinajstić information content (AvgIpc) is 2.71. The van der Waals surface area contributed by atoms with Crippen LogP contribution in [-0.4, -0.2) is 70.4 Å². The molecule has 0 spiro atoms. The molecule has 0 aliphatic heterocycles. The first kappa shape index (κ1) is 43.3. The van der Waals surface area contributed by atoms with Crippen LogP contribution in [0, 0.1) is 0 Å². The fourth-order valence-corrected chi connectivity index (χ4v) is 2.36. The van der Waals surface area contributed by atoms with E-state index in [1.54, 1.807) is 62.3 Å². The summed E-state index contributed by atoms with van der Waals surface area (Å²) >= 11 is 0. The zero-order valence-electron chi connectivity index (χ0n) is 25.4. The van der Waals surface area contributed by atoms with E-state index in [1.165, 1.54) is 0 Å². The second-order valence-electron chi connectivity index (χ2n) is 11.0. The summed E-state index contributed by atoms with van der Waals surface area (Å²) in [6.07, 6.45) is 1.58. The second-order valence-corrected chi connectivity index (χ2v) is 11.0. The molecule has 0 saturated heterocycles. The van der Waals surface area contributed by atoms with Crippen LogP contribution in [0.4, 0.5) is 9.59 Å².